The first kappa shape index (κ1) is 13.4. The van der Waals surface area contributed by atoms with Crippen molar-refractivity contribution < 1.29 is 4.39 Å². The number of benzene rings is 1. The van der Waals surface area contributed by atoms with Gasteiger partial charge in [0.05, 0.1) is 10.6 Å². The normalized spacial score (nSPS) is 12.7. The fourth-order valence-corrected chi connectivity index (χ4v) is 2.65. The van der Waals surface area contributed by atoms with Gasteiger partial charge in [0.25, 0.3) is 0 Å². The zero-order valence-corrected chi connectivity index (χ0v) is 11.4. The molecule has 1 unspecified atom stereocenters. The minimum Gasteiger partial charge on any atom is -0.323 e. The van der Waals surface area contributed by atoms with Gasteiger partial charge in [0.15, 0.2) is 0 Å². The Balaban J connectivity index is 2.18. The molecule has 1 aromatic heterocycles. The van der Waals surface area contributed by atoms with E-state index in [2.05, 4.69) is 9.59 Å². The molecule has 1 aromatic carbocycles. The van der Waals surface area contributed by atoms with Gasteiger partial charge in [-0.2, -0.15) is 0 Å². The van der Waals surface area contributed by atoms with E-state index in [1.807, 2.05) is 6.92 Å². The Morgan fingerprint density at radius 3 is 2.94 bits per heavy atom. The third-order valence-electron chi connectivity index (χ3n) is 2.71. The fraction of sp³-hybridized carbons (Fsp3) is 0.333. The average Bonchev–Trinajstić information content (AvgIpc) is 2.81. The predicted molar refractivity (Wildman–Crippen MR) is 71.3 cm³/mol. The lowest BCUT2D eigenvalue weighted by atomic mass is 10.0. The minimum absolute atomic E-state index is 0.282. The second kappa shape index (κ2) is 5.73. The van der Waals surface area contributed by atoms with E-state index in [4.69, 9.17) is 17.3 Å². The molecule has 1 atom stereocenters. The molecule has 2 aromatic rings. The highest BCUT2D eigenvalue weighted by Crippen LogP contribution is 2.24. The molecule has 0 aliphatic rings. The standard InChI is InChI=1S/C12H13ClFN3S/c1-2-11-12(18-17-16-11)10(15)5-7-3-4-8(13)6-9(7)14/h3-4,6,10H,2,5,15H2,1H3. The number of rotatable bonds is 4. The SMILES string of the molecule is CCc1nnsc1C(N)Cc1ccc(Cl)cc1F. The van der Waals surface area contributed by atoms with Crippen LogP contribution in [0, 0.1) is 5.82 Å². The van der Waals surface area contributed by atoms with Crippen LogP contribution in [0.4, 0.5) is 4.39 Å². The molecule has 0 aliphatic carbocycles. The maximum absolute atomic E-state index is 13.7. The molecule has 0 bridgehead atoms. The second-order valence-electron chi connectivity index (χ2n) is 3.98. The van der Waals surface area contributed by atoms with Crippen LogP contribution in [0.3, 0.4) is 0 Å². The Morgan fingerprint density at radius 1 is 1.50 bits per heavy atom. The molecule has 0 aliphatic heterocycles. The highest BCUT2D eigenvalue weighted by molar-refractivity contribution is 7.05. The van der Waals surface area contributed by atoms with E-state index in [9.17, 15) is 4.39 Å². The summed E-state index contributed by atoms with van der Waals surface area (Å²) in [5.41, 5.74) is 7.53. The molecular weight excluding hydrogens is 273 g/mol. The van der Waals surface area contributed by atoms with Crippen LogP contribution >= 0.6 is 23.1 Å². The predicted octanol–water partition coefficient (Wildman–Crippen LogP) is 3.14. The molecule has 96 valence electrons. The van der Waals surface area contributed by atoms with Crippen molar-refractivity contribution in [2.45, 2.75) is 25.8 Å². The summed E-state index contributed by atoms with van der Waals surface area (Å²) >= 11 is 6.99. The first-order chi connectivity index (χ1) is 8.61. The third kappa shape index (κ3) is 2.85. The summed E-state index contributed by atoms with van der Waals surface area (Å²) in [5, 5.41) is 4.40. The van der Waals surface area contributed by atoms with Crippen molar-refractivity contribution in [3.8, 4) is 0 Å². The molecule has 0 spiro atoms. The summed E-state index contributed by atoms with van der Waals surface area (Å²) in [4.78, 5) is 0.923. The van der Waals surface area contributed by atoms with Gasteiger partial charge in [0.1, 0.15) is 5.82 Å². The smallest absolute Gasteiger partial charge is 0.127 e. The maximum Gasteiger partial charge on any atom is 0.127 e. The molecule has 3 nitrogen and oxygen atoms in total. The van der Waals surface area contributed by atoms with Crippen molar-refractivity contribution in [1.29, 1.82) is 0 Å². The van der Waals surface area contributed by atoms with Crippen LogP contribution in [0.5, 0.6) is 0 Å². The number of aromatic nitrogens is 2. The van der Waals surface area contributed by atoms with E-state index in [1.54, 1.807) is 12.1 Å². The molecule has 2 N–H and O–H groups in total. The summed E-state index contributed by atoms with van der Waals surface area (Å²) < 4.78 is 17.6. The van der Waals surface area contributed by atoms with Gasteiger partial charge in [-0.3, -0.25) is 0 Å². The zero-order valence-electron chi connectivity index (χ0n) is 9.86. The monoisotopic (exact) mass is 285 g/mol. The number of nitrogens with two attached hydrogens (primary N) is 1. The summed E-state index contributed by atoms with van der Waals surface area (Å²) in [7, 11) is 0. The van der Waals surface area contributed by atoms with E-state index in [0.717, 1.165) is 17.0 Å². The van der Waals surface area contributed by atoms with E-state index < -0.39 is 0 Å². The van der Waals surface area contributed by atoms with Crippen molar-refractivity contribution >= 4 is 23.1 Å². The van der Waals surface area contributed by atoms with Crippen LogP contribution in [0.2, 0.25) is 5.02 Å². The molecule has 0 fully saturated rings. The van der Waals surface area contributed by atoms with Crippen molar-refractivity contribution in [3.63, 3.8) is 0 Å². The van der Waals surface area contributed by atoms with Gasteiger partial charge < -0.3 is 5.73 Å². The quantitative estimate of drug-likeness (QED) is 0.939. The van der Waals surface area contributed by atoms with E-state index in [0.29, 0.717) is 17.0 Å². The molecule has 0 saturated heterocycles. The summed E-state index contributed by atoms with van der Waals surface area (Å²) in [5.74, 6) is -0.325. The van der Waals surface area contributed by atoms with Crippen LogP contribution < -0.4 is 5.73 Å². The van der Waals surface area contributed by atoms with Gasteiger partial charge >= 0.3 is 0 Å². The van der Waals surface area contributed by atoms with Crippen LogP contribution in [-0.2, 0) is 12.8 Å². The molecule has 0 saturated carbocycles. The number of aryl methyl sites for hydroxylation is 1. The Labute approximate surface area is 114 Å². The van der Waals surface area contributed by atoms with Crippen molar-refractivity contribution in [3.05, 3.63) is 45.2 Å². The zero-order chi connectivity index (χ0) is 13.1. The number of hydrogen-bond acceptors (Lipinski definition) is 4. The van der Waals surface area contributed by atoms with Crippen molar-refractivity contribution in [2.75, 3.05) is 0 Å². The minimum atomic E-state index is -0.325. The lowest BCUT2D eigenvalue weighted by Crippen LogP contribution is -2.14. The van der Waals surface area contributed by atoms with Crippen molar-refractivity contribution in [1.82, 2.24) is 9.59 Å². The molecule has 1 heterocycles. The fourth-order valence-electron chi connectivity index (χ4n) is 1.76. The lowest BCUT2D eigenvalue weighted by molar-refractivity contribution is 0.594. The molecule has 0 radical (unpaired) electrons. The van der Waals surface area contributed by atoms with Crippen LogP contribution in [0.15, 0.2) is 18.2 Å². The van der Waals surface area contributed by atoms with E-state index in [-0.39, 0.29) is 11.9 Å². The summed E-state index contributed by atoms with van der Waals surface area (Å²) in [6, 6.07) is 4.35. The topological polar surface area (TPSA) is 51.8 Å². The third-order valence-corrected chi connectivity index (χ3v) is 3.85. The summed E-state index contributed by atoms with van der Waals surface area (Å²) in [6.07, 6.45) is 1.20. The molecule has 6 heteroatoms. The van der Waals surface area contributed by atoms with Crippen molar-refractivity contribution in [2.24, 2.45) is 5.73 Å². The van der Waals surface area contributed by atoms with Gasteiger partial charge in [-0.25, -0.2) is 4.39 Å². The van der Waals surface area contributed by atoms with Gasteiger partial charge in [-0.15, -0.1) is 5.10 Å². The largest absolute Gasteiger partial charge is 0.323 e. The van der Waals surface area contributed by atoms with Gasteiger partial charge in [-0.05, 0) is 42.1 Å². The number of nitrogens with zero attached hydrogens (tertiary/aromatic N) is 2. The second-order valence-corrected chi connectivity index (χ2v) is 5.21. The summed E-state index contributed by atoms with van der Waals surface area (Å²) in [6.45, 7) is 2.00. The average molecular weight is 286 g/mol. The van der Waals surface area contributed by atoms with E-state index in [1.165, 1.54) is 17.6 Å². The first-order valence-corrected chi connectivity index (χ1v) is 6.77. The molecule has 18 heavy (non-hydrogen) atoms. The highest BCUT2D eigenvalue weighted by Gasteiger charge is 2.16. The van der Waals surface area contributed by atoms with Crippen LogP contribution in [-0.4, -0.2) is 9.59 Å². The Kier molecular flexibility index (Phi) is 4.27. The van der Waals surface area contributed by atoms with Gasteiger partial charge in [0, 0.05) is 11.1 Å². The molecular formula is C12H13ClFN3S. The lowest BCUT2D eigenvalue weighted by Gasteiger charge is -2.11. The van der Waals surface area contributed by atoms with E-state index >= 15 is 0 Å². The first-order valence-electron chi connectivity index (χ1n) is 5.62. The highest BCUT2D eigenvalue weighted by atomic mass is 35.5. The van der Waals surface area contributed by atoms with Gasteiger partial charge in [-0.1, -0.05) is 29.1 Å². The van der Waals surface area contributed by atoms with Crippen LogP contribution in [0.25, 0.3) is 0 Å². The molecule has 2 rings (SSSR count). The molecule has 0 amide bonds. The Morgan fingerprint density at radius 2 is 2.28 bits per heavy atom. The number of halogens is 2. The number of hydrogen-bond donors (Lipinski definition) is 1. The Bertz CT molecular complexity index is 544. The van der Waals surface area contributed by atoms with Gasteiger partial charge in [0.2, 0.25) is 0 Å². The maximum atomic E-state index is 13.7. The Hall–Kier alpha value is -1.04. The van der Waals surface area contributed by atoms with Crippen LogP contribution in [0.1, 0.15) is 29.1 Å².